The van der Waals surface area contributed by atoms with Gasteiger partial charge in [-0.2, -0.15) is 0 Å². The van der Waals surface area contributed by atoms with Crippen LogP contribution in [0.15, 0.2) is 48.5 Å². The Bertz CT molecular complexity index is 659. The molecule has 0 saturated heterocycles. The van der Waals surface area contributed by atoms with Gasteiger partial charge in [0.05, 0.1) is 20.6 Å². The molecule has 0 aliphatic rings. The van der Waals surface area contributed by atoms with Crippen molar-refractivity contribution in [3.8, 4) is 0 Å². The van der Waals surface area contributed by atoms with Crippen LogP contribution < -0.4 is 15.5 Å². The maximum atomic E-state index is 6.32. The fourth-order valence-electron chi connectivity index (χ4n) is 2.29. The first kappa shape index (κ1) is 18.0. The zero-order valence-electron chi connectivity index (χ0n) is 13.1. The summed E-state index contributed by atoms with van der Waals surface area (Å²) in [4.78, 5) is 1.28. The van der Waals surface area contributed by atoms with Crippen molar-refractivity contribution < 1.29 is 4.90 Å². The number of likely N-dealkylation sites (N-methyl/N-ethyl adjacent to an activating group) is 1. The van der Waals surface area contributed by atoms with Crippen LogP contribution >= 0.6 is 35.4 Å². The molecular weight excluding hydrogens is 349 g/mol. The highest BCUT2D eigenvalue weighted by Crippen LogP contribution is 2.20. The van der Waals surface area contributed by atoms with Gasteiger partial charge in [-0.1, -0.05) is 41.4 Å². The standard InChI is InChI=1S/C17H19Cl2N3S/c1-22(2)16(14-5-3-4-6-15(14)19)11-20-17(23)21-13-9-7-12(18)8-10-13/h3-10,16H,11H2,1-2H3,(H2,20,21,23)/p+1/t16-/m0/s1. The number of thiocarbonyl (C=S) groups is 1. The summed E-state index contributed by atoms with van der Waals surface area (Å²) in [5.41, 5.74) is 2.01. The Labute approximate surface area is 152 Å². The van der Waals surface area contributed by atoms with E-state index < -0.39 is 0 Å². The Morgan fingerprint density at radius 2 is 1.74 bits per heavy atom. The molecule has 122 valence electrons. The molecule has 0 unspecified atom stereocenters. The molecule has 0 aliphatic carbocycles. The van der Waals surface area contributed by atoms with Crippen LogP contribution in [0, 0.1) is 0 Å². The molecule has 6 heteroatoms. The van der Waals surface area contributed by atoms with E-state index in [1.54, 1.807) is 0 Å². The number of benzene rings is 2. The summed E-state index contributed by atoms with van der Waals surface area (Å²) >= 11 is 17.6. The monoisotopic (exact) mass is 368 g/mol. The maximum absolute atomic E-state index is 6.32. The number of hydrogen-bond donors (Lipinski definition) is 3. The van der Waals surface area contributed by atoms with Gasteiger partial charge >= 0.3 is 0 Å². The van der Waals surface area contributed by atoms with Gasteiger partial charge in [-0.15, -0.1) is 0 Å². The first-order valence-corrected chi connectivity index (χ1v) is 8.48. The first-order chi connectivity index (χ1) is 11.0. The molecule has 0 amide bonds. The van der Waals surface area contributed by atoms with Gasteiger partial charge in [-0.3, -0.25) is 0 Å². The van der Waals surface area contributed by atoms with Gasteiger partial charge in [0.25, 0.3) is 0 Å². The predicted molar refractivity (Wildman–Crippen MR) is 103 cm³/mol. The first-order valence-electron chi connectivity index (χ1n) is 7.32. The molecule has 3 nitrogen and oxygen atoms in total. The Hall–Kier alpha value is -1.33. The van der Waals surface area contributed by atoms with Crippen LogP contribution in [0.2, 0.25) is 10.0 Å². The highest BCUT2D eigenvalue weighted by atomic mass is 35.5. The molecule has 0 heterocycles. The second kappa shape index (κ2) is 8.50. The number of anilines is 1. The number of halogens is 2. The molecule has 2 aromatic carbocycles. The lowest BCUT2D eigenvalue weighted by molar-refractivity contribution is -0.890. The number of nitrogens with one attached hydrogen (secondary N) is 3. The van der Waals surface area contributed by atoms with Crippen molar-refractivity contribution in [1.29, 1.82) is 0 Å². The molecule has 2 rings (SSSR count). The van der Waals surface area contributed by atoms with E-state index in [0.717, 1.165) is 16.3 Å². The molecule has 0 bridgehead atoms. The summed E-state index contributed by atoms with van der Waals surface area (Å²) in [5, 5.41) is 8.46. The number of quaternary nitrogens is 1. The largest absolute Gasteiger partial charge is 0.356 e. The van der Waals surface area contributed by atoms with Crippen LogP contribution in [-0.4, -0.2) is 25.8 Å². The Morgan fingerprint density at radius 3 is 2.35 bits per heavy atom. The minimum Gasteiger partial charge on any atom is -0.356 e. The fourth-order valence-corrected chi connectivity index (χ4v) is 2.88. The lowest BCUT2D eigenvalue weighted by atomic mass is 10.1. The average molecular weight is 369 g/mol. The van der Waals surface area contributed by atoms with Crippen molar-refractivity contribution in [2.45, 2.75) is 6.04 Å². The van der Waals surface area contributed by atoms with Gasteiger partial charge in [0.2, 0.25) is 0 Å². The average Bonchev–Trinajstić information content (AvgIpc) is 2.51. The van der Waals surface area contributed by atoms with E-state index in [0.29, 0.717) is 16.7 Å². The van der Waals surface area contributed by atoms with Crippen molar-refractivity contribution >= 4 is 46.2 Å². The van der Waals surface area contributed by atoms with Crippen LogP contribution in [0.3, 0.4) is 0 Å². The van der Waals surface area contributed by atoms with Gasteiger partial charge in [0, 0.05) is 21.3 Å². The van der Waals surface area contributed by atoms with Crippen LogP contribution in [0.4, 0.5) is 5.69 Å². The fraction of sp³-hybridized carbons (Fsp3) is 0.235. The van der Waals surface area contributed by atoms with E-state index in [-0.39, 0.29) is 6.04 Å². The van der Waals surface area contributed by atoms with Gasteiger partial charge in [-0.25, -0.2) is 0 Å². The predicted octanol–water partition coefficient (Wildman–Crippen LogP) is 3.17. The molecule has 0 aromatic heterocycles. The molecule has 2 aromatic rings. The number of hydrogen-bond acceptors (Lipinski definition) is 1. The highest BCUT2D eigenvalue weighted by Gasteiger charge is 2.20. The lowest BCUT2D eigenvalue weighted by Crippen LogP contribution is -3.07. The molecule has 1 atom stereocenters. The third kappa shape index (κ3) is 5.36. The molecule has 23 heavy (non-hydrogen) atoms. The summed E-state index contributed by atoms with van der Waals surface area (Å²) in [6.45, 7) is 0.686. The quantitative estimate of drug-likeness (QED) is 0.707. The lowest BCUT2D eigenvalue weighted by Gasteiger charge is -2.23. The van der Waals surface area contributed by atoms with E-state index in [1.165, 1.54) is 4.90 Å². The van der Waals surface area contributed by atoms with Crippen molar-refractivity contribution in [2.24, 2.45) is 0 Å². The summed E-state index contributed by atoms with van der Waals surface area (Å²) in [5.74, 6) is 0. The minimum absolute atomic E-state index is 0.202. The molecule has 0 aliphatic heterocycles. The summed E-state index contributed by atoms with van der Waals surface area (Å²) < 4.78 is 0. The molecule has 0 radical (unpaired) electrons. The Balaban J connectivity index is 1.97. The molecule has 3 N–H and O–H groups in total. The summed E-state index contributed by atoms with van der Waals surface area (Å²) in [6, 6.07) is 15.5. The van der Waals surface area contributed by atoms with E-state index in [4.69, 9.17) is 35.4 Å². The van der Waals surface area contributed by atoms with Crippen LogP contribution in [-0.2, 0) is 0 Å². The maximum Gasteiger partial charge on any atom is 0.171 e. The Kier molecular flexibility index (Phi) is 6.66. The zero-order chi connectivity index (χ0) is 16.8. The molecule has 0 spiro atoms. The topological polar surface area (TPSA) is 28.5 Å². The molecule has 0 fully saturated rings. The van der Waals surface area contributed by atoms with Gasteiger partial charge in [-0.05, 0) is 42.5 Å². The van der Waals surface area contributed by atoms with Crippen molar-refractivity contribution in [3.05, 3.63) is 64.1 Å². The van der Waals surface area contributed by atoms with Gasteiger partial charge in [0.15, 0.2) is 5.11 Å². The number of rotatable bonds is 5. The van der Waals surface area contributed by atoms with Gasteiger partial charge < -0.3 is 15.5 Å². The van der Waals surface area contributed by atoms with Crippen molar-refractivity contribution in [1.82, 2.24) is 5.32 Å². The van der Waals surface area contributed by atoms with E-state index in [2.05, 4.69) is 30.8 Å². The second-order valence-corrected chi connectivity index (χ2v) is 6.75. The third-order valence-electron chi connectivity index (χ3n) is 3.55. The van der Waals surface area contributed by atoms with Crippen LogP contribution in [0.1, 0.15) is 11.6 Å². The Morgan fingerprint density at radius 1 is 1.09 bits per heavy atom. The third-order valence-corrected chi connectivity index (χ3v) is 4.39. The van der Waals surface area contributed by atoms with Crippen molar-refractivity contribution in [3.63, 3.8) is 0 Å². The molecular formula is C17H20Cl2N3S+. The smallest absolute Gasteiger partial charge is 0.171 e. The van der Waals surface area contributed by atoms with Crippen molar-refractivity contribution in [2.75, 3.05) is 26.0 Å². The highest BCUT2D eigenvalue weighted by molar-refractivity contribution is 7.80. The second-order valence-electron chi connectivity index (χ2n) is 5.49. The van der Waals surface area contributed by atoms with E-state index >= 15 is 0 Å². The van der Waals surface area contributed by atoms with Crippen LogP contribution in [0.5, 0.6) is 0 Å². The van der Waals surface area contributed by atoms with Crippen LogP contribution in [0.25, 0.3) is 0 Å². The zero-order valence-corrected chi connectivity index (χ0v) is 15.4. The normalized spacial score (nSPS) is 12.0. The van der Waals surface area contributed by atoms with Gasteiger partial charge in [0.1, 0.15) is 6.04 Å². The SMILES string of the molecule is C[NH+](C)[C@@H](CNC(=S)Nc1ccc(Cl)cc1)c1ccccc1Cl. The molecule has 0 saturated carbocycles. The van der Waals surface area contributed by atoms with E-state index in [1.807, 2.05) is 42.5 Å². The minimum atomic E-state index is 0.202. The summed E-state index contributed by atoms with van der Waals surface area (Å²) in [7, 11) is 4.21. The van der Waals surface area contributed by atoms with E-state index in [9.17, 15) is 0 Å². The summed E-state index contributed by atoms with van der Waals surface area (Å²) in [6.07, 6.45) is 0.